The van der Waals surface area contributed by atoms with Crippen LogP contribution in [-0.4, -0.2) is 60.9 Å². The van der Waals surface area contributed by atoms with E-state index in [4.69, 9.17) is 0 Å². The zero-order chi connectivity index (χ0) is 19.6. The molecule has 5 unspecified atom stereocenters. The molecule has 0 amide bonds. The van der Waals surface area contributed by atoms with E-state index in [9.17, 15) is 27.1 Å². The van der Waals surface area contributed by atoms with Gasteiger partial charge in [-0.15, -0.1) is 0 Å². The maximum atomic E-state index is 13.9. The van der Waals surface area contributed by atoms with E-state index in [0.29, 0.717) is 6.54 Å². The zero-order valence-corrected chi connectivity index (χ0v) is 15.6. The Morgan fingerprint density at radius 1 is 0.963 bits per heavy atom. The van der Waals surface area contributed by atoms with Crippen molar-refractivity contribution in [3.05, 3.63) is 0 Å². The van der Waals surface area contributed by atoms with E-state index in [1.807, 2.05) is 0 Å². The van der Waals surface area contributed by atoms with Crippen molar-refractivity contribution in [2.24, 2.45) is 23.7 Å². The second kappa shape index (κ2) is 8.91. The molecule has 0 bridgehead atoms. The van der Waals surface area contributed by atoms with Crippen LogP contribution in [0, 0.1) is 23.7 Å². The molecule has 0 aromatic carbocycles. The lowest BCUT2D eigenvalue weighted by Gasteiger charge is -2.52. The lowest BCUT2D eigenvalue weighted by atomic mass is 9.62. The number of nitrogens with zero attached hydrogens (tertiary/aromatic N) is 1. The third kappa shape index (κ3) is 4.75. The van der Waals surface area contributed by atoms with Gasteiger partial charge in [-0.1, -0.05) is 32.1 Å². The molecule has 2 aliphatic heterocycles. The molecule has 5 atom stereocenters. The van der Waals surface area contributed by atoms with Crippen LogP contribution in [0.4, 0.5) is 22.0 Å². The van der Waals surface area contributed by atoms with Gasteiger partial charge in [0.05, 0.1) is 6.04 Å². The second-order valence-corrected chi connectivity index (χ2v) is 8.54. The van der Waals surface area contributed by atoms with Gasteiger partial charge in [-0.05, 0) is 43.7 Å². The number of aliphatic hydroxyl groups excluding tert-OH is 1. The summed E-state index contributed by atoms with van der Waals surface area (Å²) < 4.78 is 68.7. The summed E-state index contributed by atoms with van der Waals surface area (Å²) in [5.41, 5.74) is 0. The van der Waals surface area contributed by atoms with Crippen LogP contribution in [-0.2, 0) is 0 Å². The van der Waals surface area contributed by atoms with Gasteiger partial charge in [0, 0.05) is 19.1 Å². The second-order valence-electron chi connectivity index (χ2n) is 8.54. The Morgan fingerprint density at radius 3 is 2.11 bits per heavy atom. The third-order valence-electron chi connectivity index (χ3n) is 6.95. The highest BCUT2D eigenvalue weighted by Crippen LogP contribution is 2.47. The molecular formula is C19H31F5N2O. The SMILES string of the molecule is OCC1C(C2CCCCC2)C(CN2CCCC2)C(C(F)F)NC1C(F)(F)F. The van der Waals surface area contributed by atoms with Crippen molar-refractivity contribution >= 4 is 0 Å². The average molecular weight is 398 g/mol. The Balaban J connectivity index is 1.93. The summed E-state index contributed by atoms with van der Waals surface area (Å²) >= 11 is 0. The molecule has 8 heteroatoms. The molecular weight excluding hydrogens is 367 g/mol. The fourth-order valence-corrected chi connectivity index (χ4v) is 5.77. The molecule has 1 aliphatic carbocycles. The number of alkyl halides is 5. The van der Waals surface area contributed by atoms with Crippen molar-refractivity contribution in [1.29, 1.82) is 0 Å². The van der Waals surface area contributed by atoms with Gasteiger partial charge in [0.15, 0.2) is 0 Å². The molecule has 0 radical (unpaired) electrons. The van der Waals surface area contributed by atoms with Crippen molar-refractivity contribution in [2.75, 3.05) is 26.2 Å². The number of halogens is 5. The lowest BCUT2D eigenvalue weighted by molar-refractivity contribution is -0.204. The highest BCUT2D eigenvalue weighted by Gasteiger charge is 2.57. The summed E-state index contributed by atoms with van der Waals surface area (Å²) in [7, 11) is 0. The number of nitrogens with one attached hydrogen (secondary N) is 1. The molecule has 2 heterocycles. The summed E-state index contributed by atoms with van der Waals surface area (Å²) in [5, 5.41) is 12.1. The molecule has 3 nitrogen and oxygen atoms in total. The van der Waals surface area contributed by atoms with Crippen molar-refractivity contribution < 1.29 is 27.1 Å². The highest BCUT2D eigenvalue weighted by molar-refractivity contribution is 5.03. The summed E-state index contributed by atoms with van der Waals surface area (Å²) in [6.07, 6.45) is -1.04. The van der Waals surface area contributed by atoms with Crippen LogP contribution in [0.3, 0.4) is 0 Å². The minimum Gasteiger partial charge on any atom is -0.396 e. The van der Waals surface area contributed by atoms with Gasteiger partial charge >= 0.3 is 6.18 Å². The molecule has 1 saturated carbocycles. The van der Waals surface area contributed by atoms with Gasteiger partial charge in [0.25, 0.3) is 6.43 Å². The fourth-order valence-electron chi connectivity index (χ4n) is 5.77. The van der Waals surface area contributed by atoms with E-state index in [0.717, 1.165) is 58.0 Å². The number of hydrogen-bond acceptors (Lipinski definition) is 3. The summed E-state index contributed by atoms with van der Waals surface area (Å²) in [6.45, 7) is 1.40. The first-order valence-electron chi connectivity index (χ1n) is 10.3. The van der Waals surface area contributed by atoms with Gasteiger partial charge in [-0.25, -0.2) is 8.78 Å². The largest absolute Gasteiger partial charge is 0.404 e. The topological polar surface area (TPSA) is 35.5 Å². The average Bonchev–Trinajstić information content (AvgIpc) is 3.13. The standard InChI is InChI=1S/C19H31F5N2O/c20-18(21)16-13(10-26-8-4-5-9-26)15(12-6-2-1-3-7-12)14(11-27)17(25-16)19(22,23)24/h12-18,25,27H,1-11H2. The number of rotatable bonds is 5. The molecule has 3 aliphatic rings. The van der Waals surface area contributed by atoms with Gasteiger partial charge in [0.2, 0.25) is 0 Å². The molecule has 2 N–H and O–H groups in total. The Kier molecular flexibility index (Phi) is 7.01. The van der Waals surface area contributed by atoms with E-state index in [1.54, 1.807) is 0 Å². The van der Waals surface area contributed by atoms with Gasteiger partial charge < -0.3 is 10.0 Å². The van der Waals surface area contributed by atoms with E-state index >= 15 is 0 Å². The Labute approximate surface area is 157 Å². The monoisotopic (exact) mass is 398 g/mol. The summed E-state index contributed by atoms with van der Waals surface area (Å²) in [4.78, 5) is 2.11. The van der Waals surface area contributed by atoms with Crippen LogP contribution in [0.15, 0.2) is 0 Å². The summed E-state index contributed by atoms with van der Waals surface area (Å²) in [5.74, 6) is -2.17. The van der Waals surface area contributed by atoms with Gasteiger partial charge in [0.1, 0.15) is 6.04 Å². The first kappa shape index (κ1) is 21.2. The van der Waals surface area contributed by atoms with Crippen LogP contribution < -0.4 is 5.32 Å². The highest BCUT2D eigenvalue weighted by atomic mass is 19.4. The van der Waals surface area contributed by atoms with Crippen LogP contribution in [0.1, 0.15) is 44.9 Å². The Bertz CT molecular complexity index is 464. The molecule has 0 spiro atoms. The minimum atomic E-state index is -4.65. The molecule has 0 aromatic heterocycles. The van der Waals surface area contributed by atoms with Crippen LogP contribution in [0.25, 0.3) is 0 Å². The number of hydrogen-bond donors (Lipinski definition) is 2. The van der Waals surface area contributed by atoms with Crippen molar-refractivity contribution in [3.8, 4) is 0 Å². The van der Waals surface area contributed by atoms with Crippen LogP contribution >= 0.6 is 0 Å². The minimum absolute atomic E-state index is 0.0169. The van der Waals surface area contributed by atoms with E-state index in [1.165, 1.54) is 0 Å². The molecule has 3 rings (SSSR count). The fraction of sp³-hybridized carbons (Fsp3) is 1.00. The molecule has 3 fully saturated rings. The molecule has 158 valence electrons. The normalized spacial score (nSPS) is 37.2. The number of piperidine rings is 1. The van der Waals surface area contributed by atoms with Crippen molar-refractivity contribution in [1.82, 2.24) is 10.2 Å². The first-order chi connectivity index (χ1) is 12.8. The summed E-state index contributed by atoms with van der Waals surface area (Å²) in [6, 6.07) is -3.55. The smallest absolute Gasteiger partial charge is 0.396 e. The van der Waals surface area contributed by atoms with E-state index < -0.39 is 49.0 Å². The number of likely N-dealkylation sites (tertiary alicyclic amines) is 1. The number of aliphatic hydroxyl groups is 1. The zero-order valence-electron chi connectivity index (χ0n) is 15.6. The Hall–Kier alpha value is -0.470. The van der Waals surface area contributed by atoms with Crippen LogP contribution in [0.2, 0.25) is 0 Å². The van der Waals surface area contributed by atoms with Crippen molar-refractivity contribution in [3.63, 3.8) is 0 Å². The third-order valence-corrected chi connectivity index (χ3v) is 6.95. The van der Waals surface area contributed by atoms with Gasteiger partial charge in [-0.2, -0.15) is 13.2 Å². The van der Waals surface area contributed by atoms with Crippen LogP contribution in [0.5, 0.6) is 0 Å². The quantitative estimate of drug-likeness (QED) is 0.694. The van der Waals surface area contributed by atoms with E-state index in [-0.39, 0.29) is 5.92 Å². The maximum absolute atomic E-state index is 13.9. The van der Waals surface area contributed by atoms with Crippen molar-refractivity contribution in [2.45, 2.75) is 69.6 Å². The molecule has 2 saturated heterocycles. The van der Waals surface area contributed by atoms with E-state index in [2.05, 4.69) is 10.2 Å². The lowest BCUT2D eigenvalue weighted by Crippen LogP contribution is -2.67. The molecule has 27 heavy (non-hydrogen) atoms. The molecule has 0 aromatic rings. The maximum Gasteiger partial charge on any atom is 0.404 e. The van der Waals surface area contributed by atoms with Gasteiger partial charge in [-0.3, -0.25) is 5.32 Å². The Morgan fingerprint density at radius 2 is 1.59 bits per heavy atom. The predicted molar refractivity (Wildman–Crippen MR) is 92.6 cm³/mol. The first-order valence-corrected chi connectivity index (χ1v) is 10.3. The predicted octanol–water partition coefficient (Wildman–Crippen LogP) is 3.67.